The van der Waals surface area contributed by atoms with Crippen molar-refractivity contribution in [3.05, 3.63) is 28.8 Å². The maximum Gasteiger partial charge on any atom is 0.161 e. The van der Waals surface area contributed by atoms with Crippen molar-refractivity contribution >= 4 is 59.0 Å². The van der Waals surface area contributed by atoms with Gasteiger partial charge < -0.3 is 10.2 Å². The van der Waals surface area contributed by atoms with Crippen LogP contribution in [0.15, 0.2) is 23.2 Å². The fourth-order valence-corrected chi connectivity index (χ4v) is 4.16. The van der Waals surface area contributed by atoms with Crippen LogP contribution >= 0.6 is 48.2 Å². The molecule has 1 unspecified atom stereocenters. The van der Waals surface area contributed by atoms with E-state index in [9.17, 15) is 0 Å². The highest BCUT2D eigenvalue weighted by Gasteiger charge is 2.17. The highest BCUT2D eigenvalue weighted by atomic mass is 35.5. The van der Waals surface area contributed by atoms with Crippen LogP contribution in [0.5, 0.6) is 0 Å². The van der Waals surface area contributed by atoms with Crippen LogP contribution in [0.2, 0.25) is 5.02 Å². The summed E-state index contributed by atoms with van der Waals surface area (Å²) in [5, 5.41) is 5.24. The van der Waals surface area contributed by atoms with Crippen molar-refractivity contribution in [1.29, 1.82) is 0 Å². The average Bonchev–Trinajstić information content (AvgIpc) is 3.06. The Morgan fingerprint density at radius 1 is 1.29 bits per heavy atom. The van der Waals surface area contributed by atoms with Crippen LogP contribution < -0.4 is 5.32 Å². The van der Waals surface area contributed by atoms with Crippen LogP contribution in [0.1, 0.15) is 38.2 Å². The van der Waals surface area contributed by atoms with E-state index in [0.29, 0.717) is 0 Å². The van der Waals surface area contributed by atoms with Gasteiger partial charge in [0.2, 0.25) is 0 Å². The number of anilines is 1. The Bertz CT molecular complexity index is 548. The highest BCUT2D eigenvalue weighted by Crippen LogP contribution is 2.27. The number of benzene rings is 1. The molecule has 1 aromatic carbocycles. The number of amidine groups is 1. The van der Waals surface area contributed by atoms with Crippen LogP contribution in [0.4, 0.5) is 5.69 Å². The molecular formula is C17H26Cl3N3S. The summed E-state index contributed by atoms with van der Waals surface area (Å²) >= 11 is 7.85. The number of likely N-dealkylation sites (tertiary alicyclic amines) is 1. The lowest BCUT2D eigenvalue weighted by molar-refractivity contribution is 0.246. The number of nitrogens with zero attached hydrogens (tertiary/aromatic N) is 2. The van der Waals surface area contributed by atoms with E-state index < -0.39 is 0 Å². The first-order chi connectivity index (χ1) is 10.7. The molecule has 24 heavy (non-hydrogen) atoms. The lowest BCUT2D eigenvalue weighted by atomic mass is 10.1. The SMILES string of the molecule is CC(CCCSC1=NCc2cc(Cl)ccc2N1)N1CCCC1.Cl.Cl. The van der Waals surface area contributed by atoms with Gasteiger partial charge in [0.15, 0.2) is 5.17 Å². The van der Waals surface area contributed by atoms with Gasteiger partial charge in [0.25, 0.3) is 0 Å². The summed E-state index contributed by atoms with van der Waals surface area (Å²) in [6.07, 6.45) is 5.29. The van der Waals surface area contributed by atoms with Gasteiger partial charge in [-0.3, -0.25) is 4.99 Å². The van der Waals surface area contributed by atoms with Crippen molar-refractivity contribution in [3.63, 3.8) is 0 Å². The molecule has 3 rings (SSSR count). The number of fused-ring (bicyclic) bond motifs is 1. The molecule has 0 spiro atoms. The van der Waals surface area contributed by atoms with Crippen molar-refractivity contribution in [3.8, 4) is 0 Å². The number of nitrogens with one attached hydrogen (secondary N) is 1. The molecule has 1 aromatic rings. The second kappa shape index (κ2) is 10.8. The first-order valence-electron chi connectivity index (χ1n) is 8.19. The Labute approximate surface area is 166 Å². The second-order valence-corrected chi connectivity index (χ2v) is 7.65. The molecule has 0 amide bonds. The van der Waals surface area contributed by atoms with E-state index in [0.717, 1.165) is 34.2 Å². The van der Waals surface area contributed by atoms with Crippen LogP contribution in [0, 0.1) is 0 Å². The molecule has 0 radical (unpaired) electrons. The number of aliphatic imine (C=N–C) groups is 1. The van der Waals surface area contributed by atoms with Crippen molar-refractivity contribution in [1.82, 2.24) is 4.90 Å². The zero-order valence-corrected chi connectivity index (χ0v) is 17.2. The fourth-order valence-electron chi connectivity index (χ4n) is 3.12. The quantitative estimate of drug-likeness (QED) is 0.653. The Hall–Kier alpha value is -0.130. The number of halogens is 3. The van der Waals surface area contributed by atoms with E-state index in [-0.39, 0.29) is 24.8 Å². The van der Waals surface area contributed by atoms with Gasteiger partial charge in [-0.25, -0.2) is 0 Å². The molecule has 1 N–H and O–H groups in total. The summed E-state index contributed by atoms with van der Waals surface area (Å²) < 4.78 is 0. The average molecular weight is 411 g/mol. The van der Waals surface area contributed by atoms with Gasteiger partial charge in [-0.2, -0.15) is 0 Å². The molecule has 136 valence electrons. The van der Waals surface area contributed by atoms with Crippen LogP contribution in [0.25, 0.3) is 0 Å². The molecule has 7 heteroatoms. The molecule has 1 saturated heterocycles. The van der Waals surface area contributed by atoms with Crippen molar-refractivity contribution in [2.45, 2.75) is 45.2 Å². The van der Waals surface area contributed by atoms with Gasteiger partial charge in [0.1, 0.15) is 0 Å². The third-order valence-corrected chi connectivity index (χ3v) is 5.70. The second-order valence-electron chi connectivity index (χ2n) is 6.13. The highest BCUT2D eigenvalue weighted by molar-refractivity contribution is 8.14. The van der Waals surface area contributed by atoms with Gasteiger partial charge in [-0.05, 0) is 69.5 Å². The number of hydrogen-bond acceptors (Lipinski definition) is 4. The van der Waals surface area contributed by atoms with Gasteiger partial charge in [0.05, 0.1) is 6.54 Å². The smallest absolute Gasteiger partial charge is 0.161 e. The number of thioether (sulfide) groups is 1. The first kappa shape index (κ1) is 21.9. The first-order valence-corrected chi connectivity index (χ1v) is 9.55. The predicted octanol–water partition coefficient (Wildman–Crippen LogP) is 5.46. The number of hydrogen-bond donors (Lipinski definition) is 1. The lowest BCUT2D eigenvalue weighted by Gasteiger charge is -2.23. The van der Waals surface area contributed by atoms with Crippen LogP contribution in [0.3, 0.4) is 0 Å². The standard InChI is InChI=1S/C17H24ClN3S.2ClH/c1-13(21-8-2-3-9-21)5-4-10-22-17-19-12-14-11-15(18)6-7-16(14)20-17;;/h6-7,11,13H,2-5,8-10,12H2,1H3,(H,19,20);2*1H. The lowest BCUT2D eigenvalue weighted by Crippen LogP contribution is -2.30. The molecule has 1 fully saturated rings. The largest absolute Gasteiger partial charge is 0.335 e. The monoisotopic (exact) mass is 409 g/mol. The summed E-state index contributed by atoms with van der Waals surface area (Å²) in [6.45, 7) is 5.69. The van der Waals surface area contributed by atoms with E-state index in [4.69, 9.17) is 11.6 Å². The zero-order valence-electron chi connectivity index (χ0n) is 14.0. The Morgan fingerprint density at radius 2 is 2.04 bits per heavy atom. The van der Waals surface area contributed by atoms with Gasteiger partial charge >= 0.3 is 0 Å². The molecule has 0 saturated carbocycles. The maximum atomic E-state index is 6.01. The van der Waals surface area contributed by atoms with Gasteiger partial charge in [0, 0.05) is 22.5 Å². The maximum absolute atomic E-state index is 6.01. The zero-order chi connectivity index (χ0) is 15.4. The van der Waals surface area contributed by atoms with E-state index in [1.165, 1.54) is 44.3 Å². The molecule has 1 atom stereocenters. The summed E-state index contributed by atoms with van der Waals surface area (Å²) in [6, 6.07) is 6.69. The van der Waals surface area contributed by atoms with E-state index in [1.54, 1.807) is 0 Å². The molecule has 0 aromatic heterocycles. The van der Waals surface area contributed by atoms with Crippen LogP contribution in [-0.2, 0) is 6.54 Å². The van der Waals surface area contributed by atoms with E-state index in [2.05, 4.69) is 22.1 Å². The van der Waals surface area contributed by atoms with Crippen LogP contribution in [-0.4, -0.2) is 35.0 Å². The van der Waals surface area contributed by atoms with Crippen molar-refractivity contribution in [2.24, 2.45) is 4.99 Å². The molecule has 0 bridgehead atoms. The summed E-state index contributed by atoms with van der Waals surface area (Å²) in [5.41, 5.74) is 2.33. The van der Waals surface area contributed by atoms with Crippen molar-refractivity contribution < 1.29 is 0 Å². The molecule has 2 aliphatic heterocycles. The van der Waals surface area contributed by atoms with Gasteiger partial charge in [-0.15, -0.1) is 24.8 Å². The Morgan fingerprint density at radius 3 is 2.79 bits per heavy atom. The molecule has 0 aliphatic carbocycles. The third-order valence-electron chi connectivity index (χ3n) is 4.47. The summed E-state index contributed by atoms with van der Waals surface area (Å²) in [4.78, 5) is 7.23. The Kier molecular flexibility index (Phi) is 9.83. The molecule has 3 nitrogen and oxygen atoms in total. The van der Waals surface area contributed by atoms with E-state index in [1.807, 2.05) is 30.0 Å². The summed E-state index contributed by atoms with van der Waals surface area (Å²) in [7, 11) is 0. The van der Waals surface area contributed by atoms with Gasteiger partial charge in [-0.1, -0.05) is 23.4 Å². The normalized spacial score (nSPS) is 17.8. The summed E-state index contributed by atoms with van der Waals surface area (Å²) in [5.74, 6) is 1.13. The minimum atomic E-state index is 0. The topological polar surface area (TPSA) is 27.6 Å². The minimum Gasteiger partial charge on any atom is -0.335 e. The molecule has 2 aliphatic rings. The third kappa shape index (κ3) is 5.99. The fraction of sp³-hybridized carbons (Fsp3) is 0.588. The Balaban J connectivity index is 0.00000144. The molecular weight excluding hydrogens is 385 g/mol. The number of rotatable bonds is 5. The molecule has 2 heterocycles. The van der Waals surface area contributed by atoms with E-state index >= 15 is 0 Å². The predicted molar refractivity (Wildman–Crippen MR) is 113 cm³/mol. The van der Waals surface area contributed by atoms with Crippen molar-refractivity contribution in [2.75, 3.05) is 24.2 Å². The minimum absolute atomic E-state index is 0.